The predicted molar refractivity (Wildman–Crippen MR) is 85.3 cm³/mol. The molecule has 2 N–H and O–H groups in total. The van der Waals surface area contributed by atoms with Crippen LogP contribution in [0, 0.1) is 5.92 Å². The monoisotopic (exact) mass is 307 g/mol. The Labute approximate surface area is 131 Å². The molecule has 1 aromatic heterocycles. The summed E-state index contributed by atoms with van der Waals surface area (Å²) in [5, 5.41) is 7.93. The number of hydrogen-bond donors (Lipinski definition) is 1. The lowest BCUT2D eigenvalue weighted by molar-refractivity contribution is 0.307. The Balaban J connectivity index is 0.00000161. The van der Waals surface area contributed by atoms with E-state index < -0.39 is 0 Å². The zero-order valence-electron chi connectivity index (χ0n) is 12.2. The van der Waals surface area contributed by atoms with Gasteiger partial charge in [0.05, 0.1) is 11.9 Å². The van der Waals surface area contributed by atoms with Crippen LogP contribution in [0.15, 0.2) is 36.5 Å². The summed E-state index contributed by atoms with van der Waals surface area (Å²) in [5.41, 5.74) is 8.51. The summed E-state index contributed by atoms with van der Waals surface area (Å²) in [6.07, 6.45) is 1.84. The fourth-order valence-corrected chi connectivity index (χ4v) is 3.09. The van der Waals surface area contributed by atoms with Gasteiger partial charge in [0, 0.05) is 32.6 Å². The van der Waals surface area contributed by atoms with Gasteiger partial charge in [-0.2, -0.15) is 0 Å². The lowest BCUT2D eigenvalue weighted by Crippen LogP contribution is -2.24. The molecular formula is C15H22ClN5. The van der Waals surface area contributed by atoms with Crippen LogP contribution >= 0.6 is 12.4 Å². The number of rotatable bonds is 4. The number of likely N-dealkylation sites (tertiary alicyclic amines) is 1. The summed E-state index contributed by atoms with van der Waals surface area (Å²) < 4.78 is 1.84. The Bertz CT molecular complexity index is 556. The van der Waals surface area contributed by atoms with E-state index in [1.54, 1.807) is 0 Å². The molecule has 0 aliphatic carbocycles. The van der Waals surface area contributed by atoms with Crippen LogP contribution in [0.3, 0.4) is 0 Å². The second-order valence-electron chi connectivity index (χ2n) is 5.56. The standard InChI is InChI=1S/C15H21N5.ClH/c1-19-14(8-17-18-19)10-20-9-13(7-16)15(11-20)12-5-3-2-4-6-12;/h2-6,8,13,15H,7,9-11,16H2,1H3;1H/t13-,15+;/m1./s1. The highest BCUT2D eigenvalue weighted by Crippen LogP contribution is 2.32. The van der Waals surface area contributed by atoms with E-state index in [0.717, 1.165) is 31.9 Å². The Morgan fingerprint density at radius 2 is 2.00 bits per heavy atom. The maximum absolute atomic E-state index is 5.97. The molecule has 6 heteroatoms. The van der Waals surface area contributed by atoms with Crippen molar-refractivity contribution in [1.29, 1.82) is 0 Å². The summed E-state index contributed by atoms with van der Waals surface area (Å²) in [5.74, 6) is 1.06. The molecule has 2 aromatic rings. The van der Waals surface area contributed by atoms with Crippen molar-refractivity contribution >= 4 is 12.4 Å². The third-order valence-corrected chi connectivity index (χ3v) is 4.24. The smallest absolute Gasteiger partial charge is 0.0738 e. The maximum atomic E-state index is 5.97. The number of halogens is 1. The molecule has 0 saturated carbocycles. The van der Waals surface area contributed by atoms with Crippen LogP contribution in [-0.4, -0.2) is 39.5 Å². The molecular weight excluding hydrogens is 286 g/mol. The van der Waals surface area contributed by atoms with Gasteiger partial charge in [-0.1, -0.05) is 35.5 Å². The molecule has 1 saturated heterocycles. The number of hydrogen-bond acceptors (Lipinski definition) is 4. The third kappa shape index (κ3) is 3.43. The fraction of sp³-hybridized carbons (Fsp3) is 0.467. The van der Waals surface area contributed by atoms with Crippen LogP contribution < -0.4 is 5.73 Å². The highest BCUT2D eigenvalue weighted by Gasteiger charge is 2.32. The molecule has 2 atom stereocenters. The minimum Gasteiger partial charge on any atom is -0.330 e. The van der Waals surface area contributed by atoms with Gasteiger partial charge in [0.1, 0.15) is 0 Å². The Morgan fingerprint density at radius 1 is 1.24 bits per heavy atom. The average molecular weight is 308 g/mol. The van der Waals surface area contributed by atoms with Crippen molar-refractivity contribution in [1.82, 2.24) is 19.9 Å². The van der Waals surface area contributed by atoms with E-state index in [1.165, 1.54) is 5.56 Å². The lowest BCUT2D eigenvalue weighted by atomic mass is 9.89. The Kier molecular flexibility index (Phi) is 5.33. The highest BCUT2D eigenvalue weighted by atomic mass is 35.5. The molecule has 0 spiro atoms. The molecule has 1 aliphatic heterocycles. The van der Waals surface area contributed by atoms with Crippen LogP contribution in [0.2, 0.25) is 0 Å². The first-order valence-electron chi connectivity index (χ1n) is 7.09. The number of benzene rings is 1. The highest BCUT2D eigenvalue weighted by molar-refractivity contribution is 5.85. The largest absolute Gasteiger partial charge is 0.330 e. The summed E-state index contributed by atoms with van der Waals surface area (Å²) in [6, 6.07) is 10.7. The summed E-state index contributed by atoms with van der Waals surface area (Å²) in [7, 11) is 1.94. The molecule has 0 amide bonds. The molecule has 21 heavy (non-hydrogen) atoms. The molecule has 1 aromatic carbocycles. The third-order valence-electron chi connectivity index (χ3n) is 4.24. The summed E-state index contributed by atoms with van der Waals surface area (Å²) >= 11 is 0. The topological polar surface area (TPSA) is 60.0 Å². The quantitative estimate of drug-likeness (QED) is 0.928. The number of aromatic nitrogens is 3. The molecule has 0 unspecified atom stereocenters. The van der Waals surface area contributed by atoms with Crippen LogP contribution in [0.25, 0.3) is 0 Å². The maximum Gasteiger partial charge on any atom is 0.0738 e. The van der Waals surface area contributed by atoms with Crippen molar-refractivity contribution in [2.75, 3.05) is 19.6 Å². The zero-order valence-corrected chi connectivity index (χ0v) is 13.0. The first-order valence-corrected chi connectivity index (χ1v) is 7.09. The van der Waals surface area contributed by atoms with Crippen LogP contribution in [0.1, 0.15) is 17.2 Å². The van der Waals surface area contributed by atoms with Gasteiger partial charge in [-0.15, -0.1) is 17.5 Å². The van der Waals surface area contributed by atoms with Gasteiger partial charge >= 0.3 is 0 Å². The minimum atomic E-state index is 0. The van der Waals surface area contributed by atoms with Crippen LogP contribution in [0.5, 0.6) is 0 Å². The molecule has 114 valence electrons. The number of nitrogens with zero attached hydrogens (tertiary/aromatic N) is 4. The molecule has 1 fully saturated rings. The van der Waals surface area contributed by atoms with Gasteiger partial charge in [-0.25, -0.2) is 0 Å². The predicted octanol–water partition coefficient (Wildman–Crippen LogP) is 1.41. The van der Waals surface area contributed by atoms with Crippen LogP contribution in [-0.2, 0) is 13.6 Å². The van der Waals surface area contributed by atoms with Gasteiger partial charge in [-0.05, 0) is 18.0 Å². The van der Waals surface area contributed by atoms with Crippen molar-refractivity contribution in [2.45, 2.75) is 12.5 Å². The van der Waals surface area contributed by atoms with Crippen LogP contribution in [0.4, 0.5) is 0 Å². The second kappa shape index (κ2) is 7.02. The summed E-state index contributed by atoms with van der Waals surface area (Å²) in [6.45, 7) is 3.72. The average Bonchev–Trinajstić information content (AvgIpc) is 3.07. The summed E-state index contributed by atoms with van der Waals surface area (Å²) in [4.78, 5) is 2.45. The van der Waals surface area contributed by atoms with Crippen molar-refractivity contribution in [3.05, 3.63) is 47.8 Å². The van der Waals surface area contributed by atoms with Crippen molar-refractivity contribution in [2.24, 2.45) is 18.7 Å². The van der Waals surface area contributed by atoms with Crippen molar-refractivity contribution < 1.29 is 0 Å². The number of nitrogens with two attached hydrogens (primary N) is 1. The van der Waals surface area contributed by atoms with Gasteiger partial charge in [0.2, 0.25) is 0 Å². The Morgan fingerprint density at radius 3 is 2.62 bits per heavy atom. The SMILES string of the molecule is Cl.Cn1nncc1CN1C[C@@H](CN)[C@H](c2ccccc2)C1. The number of aryl methyl sites for hydroxylation is 1. The van der Waals surface area contributed by atoms with Gasteiger partial charge in [0.25, 0.3) is 0 Å². The molecule has 0 bridgehead atoms. The molecule has 3 rings (SSSR count). The van der Waals surface area contributed by atoms with E-state index in [1.807, 2.05) is 17.9 Å². The molecule has 5 nitrogen and oxygen atoms in total. The first-order chi connectivity index (χ1) is 9.78. The van der Waals surface area contributed by atoms with E-state index in [-0.39, 0.29) is 12.4 Å². The zero-order chi connectivity index (χ0) is 13.9. The van der Waals surface area contributed by atoms with Gasteiger partial charge < -0.3 is 5.73 Å². The fourth-order valence-electron chi connectivity index (χ4n) is 3.09. The van der Waals surface area contributed by atoms with E-state index in [4.69, 9.17) is 5.73 Å². The second-order valence-corrected chi connectivity index (χ2v) is 5.56. The lowest BCUT2D eigenvalue weighted by Gasteiger charge is -2.16. The first kappa shape index (κ1) is 15.9. The van der Waals surface area contributed by atoms with E-state index in [0.29, 0.717) is 11.8 Å². The normalized spacial score (nSPS) is 22.2. The van der Waals surface area contributed by atoms with E-state index in [2.05, 4.69) is 45.5 Å². The van der Waals surface area contributed by atoms with Crippen molar-refractivity contribution in [3.8, 4) is 0 Å². The minimum absolute atomic E-state index is 0. The molecule has 2 heterocycles. The molecule has 0 radical (unpaired) electrons. The van der Waals surface area contributed by atoms with Gasteiger partial charge in [0.15, 0.2) is 0 Å². The van der Waals surface area contributed by atoms with Crippen molar-refractivity contribution in [3.63, 3.8) is 0 Å². The molecule has 1 aliphatic rings. The van der Waals surface area contributed by atoms with E-state index >= 15 is 0 Å². The Hall–Kier alpha value is -1.43. The van der Waals surface area contributed by atoms with E-state index in [9.17, 15) is 0 Å². The van der Waals surface area contributed by atoms with Gasteiger partial charge in [-0.3, -0.25) is 9.58 Å².